The first-order valence-corrected chi connectivity index (χ1v) is 6.78. The summed E-state index contributed by atoms with van der Waals surface area (Å²) >= 11 is 3.40. The van der Waals surface area contributed by atoms with Crippen LogP contribution in [0.3, 0.4) is 0 Å². The van der Waals surface area contributed by atoms with E-state index in [4.69, 9.17) is 0 Å². The third-order valence-corrected chi connectivity index (χ3v) is 3.18. The van der Waals surface area contributed by atoms with Crippen LogP contribution < -0.4 is 16.0 Å². The molecule has 7 heteroatoms. The van der Waals surface area contributed by atoms with Crippen LogP contribution in [0.5, 0.6) is 0 Å². The monoisotopic (exact) mass is 313 g/mol. The Labute approximate surface area is 114 Å². The van der Waals surface area contributed by atoms with Crippen molar-refractivity contribution >= 4 is 33.6 Å². The summed E-state index contributed by atoms with van der Waals surface area (Å²) in [6.45, 7) is 3.55. The molecule has 1 aliphatic heterocycles. The summed E-state index contributed by atoms with van der Waals surface area (Å²) in [7, 11) is 0. The van der Waals surface area contributed by atoms with Crippen LogP contribution in [0.1, 0.15) is 19.8 Å². The third kappa shape index (κ3) is 3.32. The number of nitrogens with zero attached hydrogens (tertiary/aromatic N) is 2. The molecule has 1 unspecified atom stereocenters. The van der Waals surface area contributed by atoms with Crippen LogP contribution in [0, 0.1) is 0 Å². The van der Waals surface area contributed by atoms with E-state index in [9.17, 15) is 4.79 Å². The van der Waals surface area contributed by atoms with Gasteiger partial charge in [0.1, 0.15) is 5.82 Å². The second-order valence-corrected chi connectivity index (χ2v) is 5.02. The van der Waals surface area contributed by atoms with Gasteiger partial charge in [-0.3, -0.25) is 4.79 Å². The Balaban J connectivity index is 2.03. The van der Waals surface area contributed by atoms with Crippen LogP contribution in [-0.4, -0.2) is 35.0 Å². The number of hydrogen-bond donors (Lipinski definition) is 3. The molecule has 2 heterocycles. The van der Waals surface area contributed by atoms with Crippen molar-refractivity contribution < 1.29 is 4.79 Å². The Hall–Kier alpha value is -1.37. The van der Waals surface area contributed by atoms with E-state index in [-0.39, 0.29) is 11.9 Å². The standard InChI is InChI=1S/C11H16BrN5O/c1-2-3-13-11-15-6-8(12)10(17-11)16-7-4-9(18)14-5-7/h6-7H,2-5H2,1H3,(H,14,18)(H2,13,15,16,17). The normalized spacial score (nSPS) is 18.6. The van der Waals surface area contributed by atoms with Gasteiger partial charge < -0.3 is 16.0 Å². The van der Waals surface area contributed by atoms with Gasteiger partial charge in [-0.25, -0.2) is 4.98 Å². The van der Waals surface area contributed by atoms with Crippen molar-refractivity contribution in [2.75, 3.05) is 23.7 Å². The maximum absolute atomic E-state index is 11.1. The lowest BCUT2D eigenvalue weighted by Crippen LogP contribution is -2.23. The van der Waals surface area contributed by atoms with Crippen LogP contribution in [0.4, 0.5) is 11.8 Å². The molecule has 0 bridgehead atoms. The minimum atomic E-state index is 0.0713. The maximum atomic E-state index is 11.1. The average molecular weight is 314 g/mol. The van der Waals surface area contributed by atoms with Crippen molar-refractivity contribution in [1.29, 1.82) is 0 Å². The molecule has 18 heavy (non-hydrogen) atoms. The van der Waals surface area contributed by atoms with E-state index in [1.165, 1.54) is 0 Å². The van der Waals surface area contributed by atoms with Gasteiger partial charge in [-0.05, 0) is 22.4 Å². The zero-order valence-electron chi connectivity index (χ0n) is 10.2. The molecule has 1 aliphatic rings. The number of anilines is 2. The molecule has 1 atom stereocenters. The van der Waals surface area contributed by atoms with Gasteiger partial charge >= 0.3 is 0 Å². The molecule has 1 aromatic rings. The lowest BCUT2D eigenvalue weighted by Gasteiger charge is -2.13. The first-order chi connectivity index (χ1) is 8.69. The van der Waals surface area contributed by atoms with Gasteiger partial charge in [0.2, 0.25) is 11.9 Å². The smallest absolute Gasteiger partial charge is 0.224 e. The molecule has 1 fully saturated rings. The SMILES string of the molecule is CCCNc1ncc(Br)c(NC2CNC(=O)C2)n1. The highest BCUT2D eigenvalue weighted by atomic mass is 79.9. The molecule has 0 aromatic carbocycles. The molecular formula is C11H16BrN5O. The Morgan fingerprint density at radius 3 is 3.11 bits per heavy atom. The predicted octanol–water partition coefficient (Wildman–Crippen LogP) is 1.36. The summed E-state index contributed by atoms with van der Waals surface area (Å²) in [6.07, 6.45) is 3.20. The predicted molar refractivity (Wildman–Crippen MR) is 73.6 cm³/mol. The van der Waals surface area contributed by atoms with Gasteiger partial charge in [-0.1, -0.05) is 6.92 Å². The molecular weight excluding hydrogens is 298 g/mol. The van der Waals surface area contributed by atoms with Crippen LogP contribution >= 0.6 is 15.9 Å². The van der Waals surface area contributed by atoms with Gasteiger partial charge in [-0.2, -0.15) is 4.98 Å². The minimum Gasteiger partial charge on any atom is -0.364 e. The highest BCUT2D eigenvalue weighted by Gasteiger charge is 2.22. The lowest BCUT2D eigenvalue weighted by atomic mass is 10.2. The molecule has 3 N–H and O–H groups in total. The van der Waals surface area contributed by atoms with Crippen molar-refractivity contribution in [1.82, 2.24) is 15.3 Å². The summed E-state index contributed by atoms with van der Waals surface area (Å²) in [4.78, 5) is 19.7. The van der Waals surface area contributed by atoms with Crippen LogP contribution in [0.15, 0.2) is 10.7 Å². The zero-order chi connectivity index (χ0) is 13.0. The molecule has 0 aliphatic carbocycles. The van der Waals surface area contributed by atoms with Crippen molar-refractivity contribution in [3.05, 3.63) is 10.7 Å². The molecule has 98 valence electrons. The molecule has 2 rings (SSSR count). The molecule has 1 aromatic heterocycles. The number of carbonyl (C=O) groups is 1. The summed E-state index contributed by atoms with van der Waals surface area (Å²) < 4.78 is 0.795. The maximum Gasteiger partial charge on any atom is 0.224 e. The topological polar surface area (TPSA) is 78.9 Å². The molecule has 1 saturated heterocycles. The fourth-order valence-electron chi connectivity index (χ4n) is 1.69. The molecule has 0 radical (unpaired) electrons. The summed E-state index contributed by atoms with van der Waals surface area (Å²) in [5.74, 6) is 1.38. The van der Waals surface area contributed by atoms with E-state index in [1.54, 1.807) is 6.20 Å². The molecule has 6 nitrogen and oxygen atoms in total. The number of carbonyl (C=O) groups excluding carboxylic acids is 1. The average Bonchev–Trinajstić information content (AvgIpc) is 2.76. The van der Waals surface area contributed by atoms with Crippen molar-refractivity contribution in [3.63, 3.8) is 0 Å². The van der Waals surface area contributed by atoms with E-state index >= 15 is 0 Å². The van der Waals surface area contributed by atoms with E-state index in [0.29, 0.717) is 24.7 Å². The second kappa shape index (κ2) is 5.99. The van der Waals surface area contributed by atoms with Gasteiger partial charge in [0, 0.05) is 25.7 Å². The van der Waals surface area contributed by atoms with E-state index < -0.39 is 0 Å². The zero-order valence-corrected chi connectivity index (χ0v) is 11.7. The highest BCUT2D eigenvalue weighted by molar-refractivity contribution is 9.10. The Morgan fingerprint density at radius 2 is 2.44 bits per heavy atom. The van der Waals surface area contributed by atoms with E-state index in [1.807, 2.05) is 0 Å². The number of rotatable bonds is 5. The Morgan fingerprint density at radius 1 is 1.61 bits per heavy atom. The molecule has 1 amide bonds. The van der Waals surface area contributed by atoms with Gasteiger partial charge in [0.15, 0.2) is 0 Å². The number of aromatic nitrogens is 2. The summed E-state index contributed by atoms with van der Waals surface area (Å²) in [6, 6.07) is 0.0859. The number of nitrogens with one attached hydrogen (secondary N) is 3. The highest BCUT2D eigenvalue weighted by Crippen LogP contribution is 2.22. The quantitative estimate of drug-likeness (QED) is 0.765. The number of amides is 1. The summed E-state index contributed by atoms with van der Waals surface area (Å²) in [5.41, 5.74) is 0. The van der Waals surface area contributed by atoms with Crippen LogP contribution in [0.25, 0.3) is 0 Å². The largest absolute Gasteiger partial charge is 0.364 e. The Kier molecular flexibility index (Phi) is 4.35. The van der Waals surface area contributed by atoms with Gasteiger partial charge in [-0.15, -0.1) is 0 Å². The number of halogens is 1. The molecule has 0 spiro atoms. The van der Waals surface area contributed by atoms with E-state index in [2.05, 4.69) is 48.8 Å². The first kappa shape index (κ1) is 13.1. The second-order valence-electron chi connectivity index (χ2n) is 4.17. The Bertz CT molecular complexity index is 439. The fourth-order valence-corrected chi connectivity index (χ4v) is 2.00. The van der Waals surface area contributed by atoms with Crippen LogP contribution in [0.2, 0.25) is 0 Å². The first-order valence-electron chi connectivity index (χ1n) is 5.98. The summed E-state index contributed by atoms with van der Waals surface area (Å²) in [5, 5.41) is 9.15. The van der Waals surface area contributed by atoms with E-state index in [0.717, 1.165) is 17.4 Å². The van der Waals surface area contributed by atoms with Crippen molar-refractivity contribution in [3.8, 4) is 0 Å². The molecule has 0 saturated carbocycles. The van der Waals surface area contributed by atoms with Crippen LogP contribution in [-0.2, 0) is 4.79 Å². The third-order valence-electron chi connectivity index (χ3n) is 2.60. The fraction of sp³-hybridized carbons (Fsp3) is 0.545. The number of hydrogen-bond acceptors (Lipinski definition) is 5. The van der Waals surface area contributed by atoms with Crippen molar-refractivity contribution in [2.45, 2.75) is 25.8 Å². The minimum absolute atomic E-state index is 0.0713. The van der Waals surface area contributed by atoms with Gasteiger partial charge in [0.05, 0.1) is 10.5 Å². The van der Waals surface area contributed by atoms with Gasteiger partial charge in [0.25, 0.3) is 0 Å². The van der Waals surface area contributed by atoms with Crippen molar-refractivity contribution in [2.24, 2.45) is 0 Å². The lowest BCUT2D eigenvalue weighted by molar-refractivity contribution is -0.119.